The number of aromatic nitrogens is 1. The standard InChI is InChI=1S/C20H20ClN3O4S2/c1-13-3-7-16(8-4-13)30(26,27)24-20-22-15(12-29-20)6-10-19(25)23-17-11-14(21)5-9-18(17)28-2/h3-5,7-9,11-12H,6,10H2,1-2H3,(H,22,24)(H,23,25). The number of thiazole rings is 1. The molecule has 2 N–H and O–H groups in total. The molecule has 0 radical (unpaired) electrons. The number of anilines is 2. The highest BCUT2D eigenvalue weighted by atomic mass is 35.5. The van der Waals surface area contributed by atoms with Crippen LogP contribution in [0.2, 0.25) is 5.02 Å². The fourth-order valence-corrected chi connectivity index (χ4v) is 4.76. The summed E-state index contributed by atoms with van der Waals surface area (Å²) >= 11 is 7.13. The van der Waals surface area contributed by atoms with Crippen LogP contribution in [0.1, 0.15) is 17.7 Å². The Balaban J connectivity index is 1.59. The fourth-order valence-electron chi connectivity index (χ4n) is 2.59. The summed E-state index contributed by atoms with van der Waals surface area (Å²) in [6, 6.07) is 11.5. The lowest BCUT2D eigenvalue weighted by atomic mass is 10.2. The molecule has 3 aromatic rings. The highest BCUT2D eigenvalue weighted by molar-refractivity contribution is 7.93. The zero-order valence-electron chi connectivity index (χ0n) is 16.3. The first-order chi connectivity index (χ1) is 14.3. The molecule has 0 unspecified atom stereocenters. The summed E-state index contributed by atoms with van der Waals surface area (Å²) in [4.78, 5) is 16.7. The Labute approximate surface area is 184 Å². The summed E-state index contributed by atoms with van der Waals surface area (Å²) in [7, 11) is -2.20. The van der Waals surface area contributed by atoms with Crippen molar-refractivity contribution in [3.05, 3.63) is 64.1 Å². The molecule has 0 aliphatic rings. The number of sulfonamides is 1. The Morgan fingerprint density at radius 3 is 2.63 bits per heavy atom. The van der Waals surface area contributed by atoms with Crippen LogP contribution in [-0.4, -0.2) is 26.4 Å². The molecule has 0 saturated heterocycles. The molecule has 0 aliphatic carbocycles. The monoisotopic (exact) mass is 465 g/mol. The number of methoxy groups -OCH3 is 1. The molecule has 1 amide bonds. The number of nitrogens with one attached hydrogen (secondary N) is 2. The van der Waals surface area contributed by atoms with Gasteiger partial charge in [0.1, 0.15) is 5.75 Å². The number of benzene rings is 2. The molecular formula is C20H20ClN3O4S2. The highest BCUT2D eigenvalue weighted by Gasteiger charge is 2.16. The van der Waals surface area contributed by atoms with Crippen LogP contribution in [0.5, 0.6) is 5.75 Å². The van der Waals surface area contributed by atoms with E-state index >= 15 is 0 Å². The van der Waals surface area contributed by atoms with Gasteiger partial charge in [-0.2, -0.15) is 0 Å². The Kier molecular flexibility index (Phi) is 6.96. The molecular weight excluding hydrogens is 446 g/mol. The minimum absolute atomic E-state index is 0.166. The first kappa shape index (κ1) is 22.1. The zero-order chi connectivity index (χ0) is 21.7. The number of carbonyl (C=O) groups excluding carboxylic acids is 1. The van der Waals surface area contributed by atoms with E-state index in [2.05, 4.69) is 15.0 Å². The summed E-state index contributed by atoms with van der Waals surface area (Å²) in [5, 5.41) is 5.22. The van der Waals surface area contributed by atoms with Crippen LogP contribution in [-0.2, 0) is 21.2 Å². The Morgan fingerprint density at radius 1 is 1.20 bits per heavy atom. The fraction of sp³-hybridized carbons (Fsp3) is 0.200. The lowest BCUT2D eigenvalue weighted by Crippen LogP contribution is -2.14. The molecule has 7 nitrogen and oxygen atoms in total. The van der Waals surface area contributed by atoms with Gasteiger partial charge < -0.3 is 10.1 Å². The summed E-state index contributed by atoms with van der Waals surface area (Å²) in [6.45, 7) is 1.88. The molecule has 1 heterocycles. The number of aryl methyl sites for hydroxylation is 2. The largest absolute Gasteiger partial charge is 0.495 e. The first-order valence-corrected chi connectivity index (χ1v) is 11.7. The van der Waals surface area contributed by atoms with Crippen LogP contribution in [0.4, 0.5) is 10.8 Å². The number of nitrogens with zero attached hydrogens (tertiary/aromatic N) is 1. The average Bonchev–Trinajstić information content (AvgIpc) is 3.13. The third kappa shape index (κ3) is 5.71. The maximum Gasteiger partial charge on any atom is 0.263 e. The molecule has 3 rings (SSSR count). The van der Waals surface area contributed by atoms with Gasteiger partial charge in [0.25, 0.3) is 10.0 Å². The molecule has 158 valence electrons. The van der Waals surface area contributed by atoms with Gasteiger partial charge in [-0.05, 0) is 43.7 Å². The van der Waals surface area contributed by atoms with Crippen molar-refractivity contribution in [2.75, 3.05) is 17.1 Å². The number of ether oxygens (including phenoxy) is 1. The van der Waals surface area contributed by atoms with Crippen molar-refractivity contribution >= 4 is 49.7 Å². The van der Waals surface area contributed by atoms with E-state index in [0.29, 0.717) is 28.6 Å². The molecule has 1 aromatic heterocycles. The molecule has 0 atom stereocenters. The van der Waals surface area contributed by atoms with Crippen LogP contribution >= 0.6 is 22.9 Å². The predicted molar refractivity (Wildman–Crippen MR) is 119 cm³/mol. The van der Waals surface area contributed by atoms with E-state index in [9.17, 15) is 13.2 Å². The Bertz CT molecular complexity index is 1150. The van der Waals surface area contributed by atoms with Crippen LogP contribution in [0.3, 0.4) is 0 Å². The van der Waals surface area contributed by atoms with Crippen molar-refractivity contribution in [2.45, 2.75) is 24.7 Å². The molecule has 0 aliphatic heterocycles. The van der Waals surface area contributed by atoms with Gasteiger partial charge in [-0.15, -0.1) is 11.3 Å². The minimum Gasteiger partial charge on any atom is -0.495 e. The SMILES string of the molecule is COc1ccc(Cl)cc1NC(=O)CCc1csc(NS(=O)(=O)c2ccc(C)cc2)n1. The van der Waals surface area contributed by atoms with Crippen LogP contribution in [0.15, 0.2) is 52.7 Å². The quantitative estimate of drug-likeness (QED) is 0.511. The maximum absolute atomic E-state index is 12.4. The van der Waals surface area contributed by atoms with E-state index < -0.39 is 10.0 Å². The van der Waals surface area contributed by atoms with Crippen molar-refractivity contribution in [1.29, 1.82) is 0 Å². The minimum atomic E-state index is -3.71. The summed E-state index contributed by atoms with van der Waals surface area (Å²) in [5.74, 6) is 0.277. The second-order valence-corrected chi connectivity index (χ2v) is 9.43. The van der Waals surface area contributed by atoms with Gasteiger partial charge in [-0.25, -0.2) is 13.4 Å². The van der Waals surface area contributed by atoms with Gasteiger partial charge >= 0.3 is 0 Å². The number of amides is 1. The normalized spacial score (nSPS) is 11.2. The topological polar surface area (TPSA) is 97.4 Å². The molecule has 30 heavy (non-hydrogen) atoms. The summed E-state index contributed by atoms with van der Waals surface area (Å²) in [5.41, 5.74) is 2.08. The van der Waals surface area contributed by atoms with Gasteiger partial charge in [-0.3, -0.25) is 9.52 Å². The van der Waals surface area contributed by atoms with Crippen molar-refractivity contribution in [3.8, 4) is 5.75 Å². The lowest BCUT2D eigenvalue weighted by molar-refractivity contribution is -0.116. The number of carbonyl (C=O) groups is 1. The lowest BCUT2D eigenvalue weighted by Gasteiger charge is -2.10. The van der Waals surface area contributed by atoms with Crippen molar-refractivity contribution < 1.29 is 17.9 Å². The molecule has 10 heteroatoms. The first-order valence-electron chi connectivity index (χ1n) is 8.94. The second-order valence-electron chi connectivity index (χ2n) is 6.46. The Morgan fingerprint density at radius 2 is 1.93 bits per heavy atom. The van der Waals surface area contributed by atoms with Crippen LogP contribution in [0.25, 0.3) is 0 Å². The number of hydrogen-bond acceptors (Lipinski definition) is 6. The number of rotatable bonds is 8. The maximum atomic E-state index is 12.4. The summed E-state index contributed by atoms with van der Waals surface area (Å²) < 4.78 is 32.6. The molecule has 0 saturated carbocycles. The van der Waals surface area contributed by atoms with E-state index in [4.69, 9.17) is 16.3 Å². The third-order valence-electron chi connectivity index (χ3n) is 4.15. The van der Waals surface area contributed by atoms with Crippen LogP contribution in [0, 0.1) is 6.92 Å². The van der Waals surface area contributed by atoms with Gasteiger partial charge in [0.2, 0.25) is 5.91 Å². The van der Waals surface area contributed by atoms with Crippen molar-refractivity contribution in [3.63, 3.8) is 0 Å². The van der Waals surface area contributed by atoms with Crippen molar-refractivity contribution in [1.82, 2.24) is 4.98 Å². The van der Waals surface area contributed by atoms with Gasteiger partial charge in [0.05, 0.1) is 23.4 Å². The zero-order valence-corrected chi connectivity index (χ0v) is 18.7. The average molecular weight is 466 g/mol. The van der Waals surface area contributed by atoms with E-state index in [0.717, 1.165) is 5.56 Å². The van der Waals surface area contributed by atoms with Crippen LogP contribution < -0.4 is 14.8 Å². The third-order valence-corrected chi connectivity index (χ3v) is 6.67. The molecule has 0 spiro atoms. The number of hydrogen-bond donors (Lipinski definition) is 2. The smallest absolute Gasteiger partial charge is 0.263 e. The van der Waals surface area contributed by atoms with E-state index in [1.807, 2.05) is 6.92 Å². The predicted octanol–water partition coefficient (Wildman–Crippen LogP) is 4.49. The molecule has 2 aromatic carbocycles. The van der Waals surface area contributed by atoms with E-state index in [1.165, 1.54) is 18.4 Å². The Hall–Kier alpha value is -2.62. The number of halogens is 1. The van der Waals surface area contributed by atoms with Gasteiger partial charge in [0, 0.05) is 16.8 Å². The van der Waals surface area contributed by atoms with E-state index in [-0.39, 0.29) is 22.4 Å². The van der Waals surface area contributed by atoms with Gasteiger partial charge in [0.15, 0.2) is 5.13 Å². The molecule has 0 bridgehead atoms. The summed E-state index contributed by atoms with van der Waals surface area (Å²) in [6.07, 6.45) is 0.529. The highest BCUT2D eigenvalue weighted by Crippen LogP contribution is 2.28. The van der Waals surface area contributed by atoms with Gasteiger partial charge in [-0.1, -0.05) is 29.3 Å². The molecule has 0 fully saturated rings. The van der Waals surface area contributed by atoms with E-state index in [1.54, 1.807) is 47.8 Å². The second kappa shape index (κ2) is 9.46. The van der Waals surface area contributed by atoms with Crippen molar-refractivity contribution in [2.24, 2.45) is 0 Å².